The van der Waals surface area contributed by atoms with Crippen molar-refractivity contribution in [1.82, 2.24) is 9.80 Å². The summed E-state index contributed by atoms with van der Waals surface area (Å²) in [6, 6.07) is 5.86. The Morgan fingerprint density at radius 1 is 1.26 bits per heavy atom. The topological polar surface area (TPSA) is 49.9 Å². The predicted octanol–water partition coefficient (Wildman–Crippen LogP) is 2.52. The van der Waals surface area contributed by atoms with Gasteiger partial charge in [0.2, 0.25) is 5.91 Å². The molecule has 5 rings (SSSR count). The van der Waals surface area contributed by atoms with Gasteiger partial charge in [0, 0.05) is 38.0 Å². The highest BCUT2D eigenvalue weighted by molar-refractivity contribution is 6.01. The average molecular weight is 368 g/mol. The summed E-state index contributed by atoms with van der Waals surface area (Å²) in [6.07, 6.45) is 2.33. The molecule has 0 aromatic heterocycles. The first-order chi connectivity index (χ1) is 13.0. The minimum absolute atomic E-state index is 0.0618. The highest BCUT2D eigenvalue weighted by Gasteiger charge is 2.71. The first kappa shape index (κ1) is 17.2. The van der Waals surface area contributed by atoms with Crippen molar-refractivity contribution in [1.29, 1.82) is 0 Å². The number of carbonyl (C=O) groups is 2. The number of fused-ring (bicyclic) bond motifs is 3. The normalized spacial score (nSPS) is 35.0. The lowest BCUT2D eigenvalue weighted by molar-refractivity contribution is -0.136. The highest BCUT2D eigenvalue weighted by atomic mass is 16.5. The van der Waals surface area contributed by atoms with E-state index in [0.29, 0.717) is 29.6 Å². The summed E-state index contributed by atoms with van der Waals surface area (Å²) >= 11 is 0. The summed E-state index contributed by atoms with van der Waals surface area (Å²) < 4.78 is 6.46. The summed E-state index contributed by atoms with van der Waals surface area (Å²) in [6.45, 7) is 8.82. The molecular weight excluding hydrogens is 340 g/mol. The zero-order valence-corrected chi connectivity index (χ0v) is 16.2. The standard InChI is InChI=1S/C22H28N2O3/c1-3-23-8-10-24(11-9-23)21(26)19-15-6-7-22(20(15)19)13-17(25)16-12-14(2)4-5-18(16)27-22/h4-5,12,15,19-20H,3,6-11,13H2,1-2H3/t15-,19-,20-,22+/m0/s1. The maximum atomic E-state index is 13.1. The molecule has 4 aliphatic rings. The number of nitrogens with zero attached hydrogens (tertiary/aromatic N) is 2. The third-order valence-corrected chi connectivity index (χ3v) is 7.30. The van der Waals surface area contributed by atoms with Crippen LogP contribution < -0.4 is 4.74 Å². The largest absolute Gasteiger partial charge is 0.486 e. The maximum absolute atomic E-state index is 13.1. The van der Waals surface area contributed by atoms with Crippen LogP contribution in [0.1, 0.15) is 42.1 Å². The summed E-state index contributed by atoms with van der Waals surface area (Å²) in [7, 11) is 0. The second kappa shape index (κ2) is 6.06. The number of piperazine rings is 1. The van der Waals surface area contributed by atoms with Crippen LogP contribution in [-0.2, 0) is 4.79 Å². The summed E-state index contributed by atoms with van der Waals surface area (Å²) in [5.74, 6) is 1.87. The second-order valence-corrected chi connectivity index (χ2v) is 8.78. The molecule has 0 unspecified atom stereocenters. The van der Waals surface area contributed by atoms with E-state index in [-0.39, 0.29) is 17.6 Å². The van der Waals surface area contributed by atoms with Gasteiger partial charge < -0.3 is 14.5 Å². The minimum Gasteiger partial charge on any atom is -0.486 e. The third kappa shape index (κ3) is 2.62. The number of hydrogen-bond donors (Lipinski definition) is 0. The van der Waals surface area contributed by atoms with Gasteiger partial charge in [0.1, 0.15) is 11.4 Å². The molecule has 3 fully saturated rings. The molecule has 4 atom stereocenters. The van der Waals surface area contributed by atoms with E-state index in [4.69, 9.17) is 4.74 Å². The van der Waals surface area contributed by atoms with Crippen molar-refractivity contribution in [3.05, 3.63) is 29.3 Å². The number of rotatable bonds is 2. The fourth-order valence-electron chi connectivity index (χ4n) is 5.76. The van der Waals surface area contributed by atoms with E-state index in [1.54, 1.807) is 0 Å². The molecule has 0 radical (unpaired) electrons. The Hall–Kier alpha value is -1.88. The molecule has 5 heteroatoms. The van der Waals surface area contributed by atoms with Gasteiger partial charge in [0.25, 0.3) is 0 Å². The van der Waals surface area contributed by atoms with E-state index in [1.807, 2.05) is 30.0 Å². The molecule has 2 heterocycles. The molecular formula is C22H28N2O3. The molecule has 5 nitrogen and oxygen atoms in total. The molecule has 2 saturated carbocycles. The number of likely N-dealkylation sites (N-methyl/N-ethyl adjacent to an activating group) is 1. The van der Waals surface area contributed by atoms with Gasteiger partial charge in [-0.3, -0.25) is 9.59 Å². The van der Waals surface area contributed by atoms with Gasteiger partial charge in [-0.2, -0.15) is 0 Å². The van der Waals surface area contributed by atoms with Gasteiger partial charge in [0.05, 0.1) is 12.0 Å². The van der Waals surface area contributed by atoms with Gasteiger partial charge in [-0.05, 0) is 44.4 Å². The Morgan fingerprint density at radius 2 is 2.04 bits per heavy atom. The lowest BCUT2D eigenvalue weighted by Crippen LogP contribution is -2.50. The Balaban J connectivity index is 1.33. The molecule has 1 aromatic carbocycles. The number of ether oxygens (including phenoxy) is 1. The molecule has 1 spiro atoms. The number of benzene rings is 1. The van der Waals surface area contributed by atoms with Gasteiger partial charge >= 0.3 is 0 Å². The molecule has 144 valence electrons. The van der Waals surface area contributed by atoms with Crippen LogP contribution in [0.15, 0.2) is 18.2 Å². The van der Waals surface area contributed by atoms with E-state index in [0.717, 1.165) is 51.1 Å². The zero-order chi connectivity index (χ0) is 18.8. The number of Topliss-reactive ketones (excluding diaryl/α,β-unsaturated/α-hetero) is 1. The second-order valence-electron chi connectivity index (χ2n) is 8.78. The van der Waals surface area contributed by atoms with E-state index in [9.17, 15) is 9.59 Å². The third-order valence-electron chi connectivity index (χ3n) is 7.30. The number of aryl methyl sites for hydroxylation is 1. The first-order valence-electron chi connectivity index (χ1n) is 10.4. The van der Waals surface area contributed by atoms with E-state index < -0.39 is 5.60 Å². The summed E-state index contributed by atoms with van der Waals surface area (Å²) in [4.78, 5) is 30.4. The van der Waals surface area contributed by atoms with E-state index in [1.165, 1.54) is 0 Å². The smallest absolute Gasteiger partial charge is 0.226 e. The van der Waals surface area contributed by atoms with Crippen molar-refractivity contribution >= 4 is 11.7 Å². The van der Waals surface area contributed by atoms with E-state index >= 15 is 0 Å². The van der Waals surface area contributed by atoms with Crippen LogP contribution in [0, 0.1) is 24.7 Å². The molecule has 1 saturated heterocycles. The number of carbonyl (C=O) groups excluding carboxylic acids is 2. The summed E-state index contributed by atoms with van der Waals surface area (Å²) in [5.41, 5.74) is 1.34. The number of hydrogen-bond acceptors (Lipinski definition) is 4. The van der Waals surface area contributed by atoms with Gasteiger partial charge in [0.15, 0.2) is 5.78 Å². The van der Waals surface area contributed by atoms with Crippen LogP contribution in [-0.4, -0.2) is 59.8 Å². The van der Waals surface area contributed by atoms with Gasteiger partial charge in [-0.15, -0.1) is 0 Å². The first-order valence-corrected chi connectivity index (χ1v) is 10.4. The minimum atomic E-state index is -0.449. The fourth-order valence-corrected chi connectivity index (χ4v) is 5.76. The molecule has 0 bridgehead atoms. The Bertz CT molecular complexity index is 799. The van der Waals surface area contributed by atoms with Crippen LogP contribution >= 0.6 is 0 Å². The van der Waals surface area contributed by atoms with Crippen molar-refractivity contribution in [3.8, 4) is 5.75 Å². The molecule has 27 heavy (non-hydrogen) atoms. The highest BCUT2D eigenvalue weighted by Crippen LogP contribution is 2.66. The quantitative estimate of drug-likeness (QED) is 0.805. The molecule has 1 aromatic rings. The number of ketones is 1. The van der Waals surface area contributed by atoms with Gasteiger partial charge in [-0.25, -0.2) is 0 Å². The van der Waals surface area contributed by atoms with Crippen LogP contribution in [0.5, 0.6) is 5.75 Å². The molecule has 2 aliphatic carbocycles. The van der Waals surface area contributed by atoms with Crippen molar-refractivity contribution in [2.75, 3.05) is 32.7 Å². The van der Waals surface area contributed by atoms with Gasteiger partial charge in [-0.1, -0.05) is 18.6 Å². The van der Waals surface area contributed by atoms with Crippen LogP contribution in [0.2, 0.25) is 0 Å². The lowest BCUT2D eigenvalue weighted by atomic mass is 9.84. The van der Waals surface area contributed by atoms with Crippen molar-refractivity contribution in [2.24, 2.45) is 17.8 Å². The fraction of sp³-hybridized carbons (Fsp3) is 0.636. The van der Waals surface area contributed by atoms with Crippen molar-refractivity contribution < 1.29 is 14.3 Å². The maximum Gasteiger partial charge on any atom is 0.226 e. The predicted molar refractivity (Wildman–Crippen MR) is 102 cm³/mol. The number of amides is 1. The summed E-state index contributed by atoms with van der Waals surface area (Å²) in [5, 5.41) is 0. The average Bonchev–Trinajstić information content (AvgIpc) is 3.32. The lowest BCUT2D eigenvalue weighted by Gasteiger charge is -2.38. The van der Waals surface area contributed by atoms with Crippen LogP contribution in [0.25, 0.3) is 0 Å². The Labute approximate surface area is 160 Å². The Kier molecular flexibility index (Phi) is 3.87. The van der Waals surface area contributed by atoms with Crippen molar-refractivity contribution in [2.45, 2.75) is 38.7 Å². The molecule has 0 N–H and O–H groups in total. The van der Waals surface area contributed by atoms with E-state index in [2.05, 4.69) is 11.8 Å². The monoisotopic (exact) mass is 368 g/mol. The van der Waals surface area contributed by atoms with Crippen molar-refractivity contribution in [3.63, 3.8) is 0 Å². The van der Waals surface area contributed by atoms with Crippen LogP contribution in [0.3, 0.4) is 0 Å². The zero-order valence-electron chi connectivity index (χ0n) is 16.2. The SMILES string of the molecule is CCN1CCN(C(=O)[C@H]2[C@@H]3CC[C@@]4(CC(=O)c5cc(C)ccc5O4)[C@@H]32)CC1. The molecule has 1 amide bonds. The Morgan fingerprint density at radius 3 is 2.78 bits per heavy atom. The van der Waals surface area contributed by atoms with Crippen LogP contribution in [0.4, 0.5) is 0 Å². The molecule has 2 aliphatic heterocycles.